The van der Waals surface area contributed by atoms with Crippen molar-refractivity contribution in [3.05, 3.63) is 35.9 Å². The minimum absolute atomic E-state index is 0.179. The van der Waals surface area contributed by atoms with Gasteiger partial charge in [0.05, 0.1) is 5.71 Å². The van der Waals surface area contributed by atoms with Crippen molar-refractivity contribution in [2.24, 2.45) is 10.8 Å². The number of benzene rings is 1. The molecule has 0 spiro atoms. The standard InChI is InChI=1S/C11H13N3O/c1-11(12)9(13-14(2)10(11)15)8-6-4-3-5-7-8/h3-7H,12H2,1-2H3. The Morgan fingerprint density at radius 1 is 1.33 bits per heavy atom. The molecule has 0 aliphatic carbocycles. The summed E-state index contributed by atoms with van der Waals surface area (Å²) in [6.07, 6.45) is 0. The normalized spacial score (nSPS) is 25.7. The van der Waals surface area contributed by atoms with Gasteiger partial charge >= 0.3 is 0 Å². The number of amides is 1. The van der Waals surface area contributed by atoms with Crippen LogP contribution in [0.4, 0.5) is 0 Å². The van der Waals surface area contributed by atoms with E-state index >= 15 is 0 Å². The summed E-state index contributed by atoms with van der Waals surface area (Å²) < 4.78 is 0. The second-order valence-electron chi connectivity index (χ2n) is 3.85. The molecule has 15 heavy (non-hydrogen) atoms. The maximum Gasteiger partial charge on any atom is 0.268 e. The molecule has 2 N–H and O–H groups in total. The molecule has 1 aromatic rings. The second-order valence-corrected chi connectivity index (χ2v) is 3.85. The van der Waals surface area contributed by atoms with Crippen molar-refractivity contribution < 1.29 is 4.79 Å². The van der Waals surface area contributed by atoms with Crippen molar-refractivity contribution in [1.29, 1.82) is 0 Å². The Morgan fingerprint density at radius 3 is 2.40 bits per heavy atom. The second kappa shape index (κ2) is 3.17. The van der Waals surface area contributed by atoms with Crippen LogP contribution in [0.2, 0.25) is 0 Å². The van der Waals surface area contributed by atoms with Gasteiger partial charge < -0.3 is 5.73 Å². The molecule has 0 bridgehead atoms. The molecule has 4 nitrogen and oxygen atoms in total. The smallest absolute Gasteiger partial charge is 0.268 e. The fourth-order valence-electron chi connectivity index (χ4n) is 1.69. The first-order valence-corrected chi connectivity index (χ1v) is 4.75. The average Bonchev–Trinajstić information content (AvgIpc) is 2.43. The molecule has 0 saturated heterocycles. The summed E-state index contributed by atoms with van der Waals surface area (Å²) in [7, 11) is 1.61. The highest BCUT2D eigenvalue weighted by Crippen LogP contribution is 2.21. The highest BCUT2D eigenvalue weighted by atomic mass is 16.2. The van der Waals surface area contributed by atoms with Crippen molar-refractivity contribution in [1.82, 2.24) is 5.01 Å². The summed E-state index contributed by atoms with van der Waals surface area (Å²) >= 11 is 0. The lowest BCUT2D eigenvalue weighted by atomic mass is 9.92. The van der Waals surface area contributed by atoms with Crippen molar-refractivity contribution in [3.8, 4) is 0 Å². The van der Waals surface area contributed by atoms with Crippen molar-refractivity contribution in [2.45, 2.75) is 12.5 Å². The predicted octanol–water partition coefficient (Wildman–Crippen LogP) is 0.580. The molecule has 0 saturated carbocycles. The fraction of sp³-hybridized carbons (Fsp3) is 0.273. The monoisotopic (exact) mass is 203 g/mol. The molecule has 2 rings (SSSR count). The van der Waals surface area contributed by atoms with Gasteiger partial charge in [-0.25, -0.2) is 5.01 Å². The van der Waals surface area contributed by atoms with Crippen LogP contribution < -0.4 is 5.73 Å². The number of hydrazone groups is 1. The summed E-state index contributed by atoms with van der Waals surface area (Å²) in [6, 6.07) is 9.51. The average molecular weight is 203 g/mol. The maximum absolute atomic E-state index is 11.7. The van der Waals surface area contributed by atoms with Crippen LogP contribution in [0.5, 0.6) is 0 Å². The van der Waals surface area contributed by atoms with Crippen LogP contribution >= 0.6 is 0 Å². The summed E-state index contributed by atoms with van der Waals surface area (Å²) in [5.74, 6) is -0.179. The van der Waals surface area contributed by atoms with Crippen LogP contribution in [-0.4, -0.2) is 29.2 Å². The zero-order chi connectivity index (χ0) is 11.1. The number of nitrogens with zero attached hydrogens (tertiary/aromatic N) is 2. The highest BCUT2D eigenvalue weighted by molar-refractivity contribution is 6.22. The first-order valence-electron chi connectivity index (χ1n) is 4.75. The van der Waals surface area contributed by atoms with E-state index < -0.39 is 5.54 Å². The molecular formula is C11H13N3O. The molecule has 0 fully saturated rings. The van der Waals surface area contributed by atoms with Crippen LogP contribution in [0, 0.1) is 0 Å². The molecule has 1 amide bonds. The first-order chi connectivity index (χ1) is 7.03. The summed E-state index contributed by atoms with van der Waals surface area (Å²) in [5, 5.41) is 5.46. The van der Waals surface area contributed by atoms with E-state index in [1.807, 2.05) is 30.3 Å². The molecule has 1 aliphatic rings. The minimum Gasteiger partial charge on any atom is -0.312 e. The number of carbonyl (C=O) groups excluding carboxylic acids is 1. The topological polar surface area (TPSA) is 58.7 Å². The van der Waals surface area contributed by atoms with E-state index in [0.717, 1.165) is 5.56 Å². The zero-order valence-corrected chi connectivity index (χ0v) is 8.77. The van der Waals surface area contributed by atoms with Crippen LogP contribution in [0.15, 0.2) is 35.4 Å². The molecular weight excluding hydrogens is 190 g/mol. The van der Waals surface area contributed by atoms with Gasteiger partial charge in [-0.05, 0) is 6.92 Å². The van der Waals surface area contributed by atoms with E-state index in [2.05, 4.69) is 5.10 Å². The van der Waals surface area contributed by atoms with E-state index in [1.165, 1.54) is 5.01 Å². The number of likely N-dealkylation sites (N-methyl/N-ethyl adjacent to an activating group) is 1. The third-order valence-corrected chi connectivity index (χ3v) is 2.53. The minimum atomic E-state index is -1.02. The summed E-state index contributed by atoms with van der Waals surface area (Å²) in [6.45, 7) is 1.69. The number of rotatable bonds is 1. The number of hydrogen-bond acceptors (Lipinski definition) is 3. The van der Waals surface area contributed by atoms with Crippen LogP contribution in [0.3, 0.4) is 0 Å². The molecule has 4 heteroatoms. The summed E-state index contributed by atoms with van der Waals surface area (Å²) in [5.41, 5.74) is 6.46. The third kappa shape index (κ3) is 1.43. The number of carbonyl (C=O) groups is 1. The Kier molecular flexibility index (Phi) is 2.08. The molecule has 1 unspecified atom stereocenters. The lowest BCUT2D eigenvalue weighted by molar-refractivity contribution is -0.131. The van der Waals surface area contributed by atoms with Gasteiger partial charge in [0.2, 0.25) is 0 Å². The zero-order valence-electron chi connectivity index (χ0n) is 8.77. The van der Waals surface area contributed by atoms with Gasteiger partial charge in [-0.1, -0.05) is 30.3 Å². The van der Waals surface area contributed by atoms with Crippen LogP contribution in [0.25, 0.3) is 0 Å². The van der Waals surface area contributed by atoms with Crippen molar-refractivity contribution >= 4 is 11.6 Å². The van der Waals surface area contributed by atoms with Gasteiger partial charge in [0, 0.05) is 12.6 Å². The predicted molar refractivity (Wildman–Crippen MR) is 58.3 cm³/mol. The van der Waals surface area contributed by atoms with Gasteiger partial charge in [-0.2, -0.15) is 5.10 Å². The molecule has 1 aliphatic heterocycles. The van der Waals surface area contributed by atoms with Crippen molar-refractivity contribution in [3.63, 3.8) is 0 Å². The molecule has 78 valence electrons. The molecule has 0 radical (unpaired) electrons. The lowest BCUT2D eigenvalue weighted by Crippen LogP contribution is -2.51. The largest absolute Gasteiger partial charge is 0.312 e. The molecule has 1 heterocycles. The first kappa shape index (κ1) is 9.86. The molecule has 0 aromatic heterocycles. The molecule has 1 atom stereocenters. The highest BCUT2D eigenvalue weighted by Gasteiger charge is 2.43. The fourth-order valence-corrected chi connectivity index (χ4v) is 1.69. The van der Waals surface area contributed by atoms with Gasteiger partial charge in [0.1, 0.15) is 5.54 Å². The Balaban J connectivity index is 2.48. The van der Waals surface area contributed by atoms with Gasteiger partial charge in [-0.15, -0.1) is 0 Å². The number of hydrogen-bond donors (Lipinski definition) is 1. The Hall–Kier alpha value is -1.68. The van der Waals surface area contributed by atoms with E-state index in [-0.39, 0.29) is 5.91 Å². The van der Waals surface area contributed by atoms with E-state index in [9.17, 15) is 4.79 Å². The van der Waals surface area contributed by atoms with Crippen LogP contribution in [0.1, 0.15) is 12.5 Å². The van der Waals surface area contributed by atoms with Crippen LogP contribution in [-0.2, 0) is 4.79 Å². The van der Waals surface area contributed by atoms with Crippen molar-refractivity contribution in [2.75, 3.05) is 7.05 Å². The Bertz CT molecular complexity index is 423. The Morgan fingerprint density at radius 2 is 1.93 bits per heavy atom. The third-order valence-electron chi connectivity index (χ3n) is 2.53. The SMILES string of the molecule is CN1N=C(c2ccccc2)C(C)(N)C1=O. The van der Waals surface area contributed by atoms with Gasteiger partial charge in [0.15, 0.2) is 0 Å². The number of nitrogens with two attached hydrogens (primary N) is 1. The quantitative estimate of drug-likeness (QED) is 0.725. The maximum atomic E-state index is 11.7. The van der Waals surface area contributed by atoms with Gasteiger partial charge in [-0.3, -0.25) is 4.79 Å². The Labute approximate surface area is 88.4 Å². The van der Waals surface area contributed by atoms with Gasteiger partial charge in [0.25, 0.3) is 5.91 Å². The van der Waals surface area contributed by atoms with E-state index in [0.29, 0.717) is 5.71 Å². The van der Waals surface area contributed by atoms with E-state index in [4.69, 9.17) is 5.73 Å². The summed E-state index contributed by atoms with van der Waals surface area (Å²) in [4.78, 5) is 11.7. The van der Waals surface area contributed by atoms with E-state index in [1.54, 1.807) is 14.0 Å². The lowest BCUT2D eigenvalue weighted by Gasteiger charge is -2.17. The molecule has 1 aromatic carbocycles.